The van der Waals surface area contributed by atoms with Crippen molar-refractivity contribution >= 4 is 23.7 Å². The molecule has 1 saturated heterocycles. The van der Waals surface area contributed by atoms with E-state index >= 15 is 0 Å². The average molecular weight is 373 g/mol. The van der Waals surface area contributed by atoms with Gasteiger partial charge in [0.25, 0.3) is 5.91 Å². The van der Waals surface area contributed by atoms with Crippen molar-refractivity contribution in [2.75, 3.05) is 32.7 Å². The Morgan fingerprint density at radius 1 is 1.00 bits per heavy atom. The molecule has 0 bridgehead atoms. The van der Waals surface area contributed by atoms with E-state index in [1.165, 1.54) is 10.5 Å². The molecule has 0 atom stereocenters. The highest BCUT2D eigenvalue weighted by atomic mass is 35.5. The van der Waals surface area contributed by atoms with Gasteiger partial charge in [-0.1, -0.05) is 54.1 Å². The van der Waals surface area contributed by atoms with Crippen LogP contribution in [-0.2, 0) is 11.3 Å². The van der Waals surface area contributed by atoms with Gasteiger partial charge in [0, 0.05) is 10.6 Å². The van der Waals surface area contributed by atoms with Crippen molar-refractivity contribution in [2.45, 2.75) is 6.54 Å². The first kappa shape index (κ1) is 18.6. The summed E-state index contributed by atoms with van der Waals surface area (Å²) in [4.78, 5) is 15.0. The molecule has 1 heterocycles. The number of quaternary nitrogens is 2. The number of carbonyl (C=O) groups is 1. The van der Waals surface area contributed by atoms with Crippen molar-refractivity contribution in [3.8, 4) is 0 Å². The van der Waals surface area contributed by atoms with Crippen LogP contribution in [0.3, 0.4) is 0 Å². The molecule has 136 valence electrons. The Kier molecular flexibility index (Phi) is 6.77. The van der Waals surface area contributed by atoms with Gasteiger partial charge in [-0.15, -0.1) is 0 Å². The molecule has 2 aromatic rings. The number of hydrazone groups is 1. The molecule has 1 aliphatic rings. The Balaban J connectivity index is 1.37. The van der Waals surface area contributed by atoms with Crippen LogP contribution in [-0.4, -0.2) is 44.8 Å². The second-order valence-corrected chi connectivity index (χ2v) is 7.12. The number of hydrogen-bond acceptors (Lipinski definition) is 2. The number of carbonyl (C=O) groups excluding carboxylic acids is 1. The molecule has 0 unspecified atom stereocenters. The second kappa shape index (κ2) is 9.48. The number of hydrogen-bond donors (Lipinski definition) is 3. The number of halogens is 1. The van der Waals surface area contributed by atoms with E-state index in [-0.39, 0.29) is 5.91 Å². The van der Waals surface area contributed by atoms with E-state index in [4.69, 9.17) is 11.6 Å². The van der Waals surface area contributed by atoms with Gasteiger partial charge < -0.3 is 9.80 Å². The summed E-state index contributed by atoms with van der Waals surface area (Å²) in [6.45, 7) is 5.73. The fourth-order valence-electron chi connectivity index (χ4n) is 3.19. The van der Waals surface area contributed by atoms with Gasteiger partial charge in [-0.25, -0.2) is 5.43 Å². The molecule has 3 rings (SSSR count). The minimum atomic E-state index is -0.0447. The highest BCUT2D eigenvalue weighted by Crippen LogP contribution is 2.07. The van der Waals surface area contributed by atoms with Crippen molar-refractivity contribution in [2.24, 2.45) is 5.10 Å². The average Bonchev–Trinajstić information content (AvgIpc) is 2.66. The Morgan fingerprint density at radius 2 is 1.65 bits per heavy atom. The third-order valence-corrected chi connectivity index (χ3v) is 4.90. The lowest BCUT2D eigenvalue weighted by molar-refractivity contribution is -1.02. The summed E-state index contributed by atoms with van der Waals surface area (Å²) in [6.07, 6.45) is 1.63. The zero-order chi connectivity index (χ0) is 18.2. The summed E-state index contributed by atoms with van der Waals surface area (Å²) in [6, 6.07) is 17.9. The minimum absolute atomic E-state index is 0.0447. The molecule has 0 saturated carbocycles. The lowest BCUT2D eigenvalue weighted by Gasteiger charge is -2.29. The van der Waals surface area contributed by atoms with Crippen LogP contribution in [0.25, 0.3) is 0 Å². The van der Waals surface area contributed by atoms with Crippen LogP contribution in [0, 0.1) is 0 Å². The number of benzene rings is 2. The van der Waals surface area contributed by atoms with Crippen LogP contribution < -0.4 is 15.2 Å². The third-order valence-electron chi connectivity index (χ3n) is 4.64. The van der Waals surface area contributed by atoms with Gasteiger partial charge in [0.15, 0.2) is 6.54 Å². The highest BCUT2D eigenvalue weighted by Gasteiger charge is 2.24. The molecule has 0 spiro atoms. The van der Waals surface area contributed by atoms with Gasteiger partial charge in [0.2, 0.25) is 0 Å². The third kappa shape index (κ3) is 5.95. The zero-order valence-corrected chi connectivity index (χ0v) is 15.5. The van der Waals surface area contributed by atoms with E-state index in [9.17, 15) is 4.79 Å². The molecular weight excluding hydrogens is 348 g/mol. The minimum Gasteiger partial charge on any atom is -0.322 e. The molecule has 1 aliphatic heterocycles. The second-order valence-electron chi connectivity index (χ2n) is 6.68. The molecule has 3 N–H and O–H groups in total. The number of piperazine rings is 1. The van der Waals surface area contributed by atoms with Crippen LogP contribution in [0.2, 0.25) is 5.02 Å². The fourth-order valence-corrected chi connectivity index (χ4v) is 3.32. The SMILES string of the molecule is O=C(C[NH+]1CC[NH+](Cc2ccccc2)CC1)NN=Cc1ccc(Cl)cc1. The monoisotopic (exact) mass is 372 g/mol. The quantitative estimate of drug-likeness (QED) is 0.476. The maximum atomic E-state index is 12.1. The van der Waals surface area contributed by atoms with Gasteiger partial charge in [-0.3, -0.25) is 4.79 Å². The van der Waals surface area contributed by atoms with Crippen LogP contribution >= 0.6 is 11.6 Å². The summed E-state index contributed by atoms with van der Waals surface area (Å²) < 4.78 is 0. The number of nitrogens with zero attached hydrogens (tertiary/aromatic N) is 1. The van der Waals surface area contributed by atoms with Crippen LogP contribution in [0.5, 0.6) is 0 Å². The van der Waals surface area contributed by atoms with Crippen LogP contribution in [0.4, 0.5) is 0 Å². The molecule has 5 nitrogen and oxygen atoms in total. The number of amides is 1. The van der Waals surface area contributed by atoms with Crippen LogP contribution in [0.1, 0.15) is 11.1 Å². The fraction of sp³-hybridized carbons (Fsp3) is 0.300. The normalized spacial score (nSPS) is 20.2. The maximum absolute atomic E-state index is 12.1. The molecule has 1 fully saturated rings. The Bertz CT molecular complexity index is 725. The van der Waals surface area contributed by atoms with Crippen molar-refractivity contribution in [1.82, 2.24) is 5.43 Å². The molecule has 6 heteroatoms. The van der Waals surface area contributed by atoms with Crippen molar-refractivity contribution in [3.05, 3.63) is 70.7 Å². The Hall–Kier alpha value is -2.21. The van der Waals surface area contributed by atoms with E-state index in [0.717, 1.165) is 38.3 Å². The molecule has 0 aliphatic carbocycles. The molecule has 1 amide bonds. The molecule has 26 heavy (non-hydrogen) atoms. The number of rotatable bonds is 6. The van der Waals surface area contributed by atoms with Gasteiger partial charge in [-0.05, 0) is 17.7 Å². The topological polar surface area (TPSA) is 50.3 Å². The molecule has 0 radical (unpaired) electrons. The standard InChI is InChI=1S/C20H23ClN4O/c21-19-8-6-17(7-9-19)14-22-23-20(26)16-25-12-10-24(11-13-25)15-18-4-2-1-3-5-18/h1-9,14H,10-13,15-16H2,(H,23,26)/p+2. The van der Waals surface area contributed by atoms with E-state index in [1.54, 1.807) is 23.2 Å². The van der Waals surface area contributed by atoms with Gasteiger partial charge in [-0.2, -0.15) is 5.10 Å². The molecular formula is C20H25ClN4O+2. The predicted octanol–water partition coefficient (Wildman–Crippen LogP) is -0.226. The van der Waals surface area contributed by atoms with E-state index in [2.05, 4.69) is 40.9 Å². The highest BCUT2D eigenvalue weighted by molar-refractivity contribution is 6.30. The summed E-state index contributed by atoms with van der Waals surface area (Å²) in [5.74, 6) is -0.0447. The van der Waals surface area contributed by atoms with E-state index in [1.807, 2.05) is 12.1 Å². The zero-order valence-electron chi connectivity index (χ0n) is 14.7. The van der Waals surface area contributed by atoms with Gasteiger partial charge in [0.05, 0.1) is 6.21 Å². The van der Waals surface area contributed by atoms with E-state index < -0.39 is 0 Å². The van der Waals surface area contributed by atoms with E-state index in [0.29, 0.717) is 11.6 Å². The van der Waals surface area contributed by atoms with Crippen molar-refractivity contribution in [3.63, 3.8) is 0 Å². The van der Waals surface area contributed by atoms with Gasteiger partial charge in [0.1, 0.15) is 32.7 Å². The first-order chi connectivity index (χ1) is 12.7. The van der Waals surface area contributed by atoms with Crippen LogP contribution in [0.15, 0.2) is 59.7 Å². The largest absolute Gasteiger partial charge is 0.322 e. The summed E-state index contributed by atoms with van der Waals surface area (Å²) in [7, 11) is 0. The summed E-state index contributed by atoms with van der Waals surface area (Å²) in [5.41, 5.74) is 4.89. The first-order valence-electron chi connectivity index (χ1n) is 8.97. The summed E-state index contributed by atoms with van der Waals surface area (Å²) in [5, 5.41) is 4.70. The van der Waals surface area contributed by atoms with Crippen molar-refractivity contribution < 1.29 is 14.6 Å². The Morgan fingerprint density at radius 3 is 2.35 bits per heavy atom. The molecule has 0 aromatic heterocycles. The number of nitrogens with one attached hydrogen (secondary N) is 3. The van der Waals surface area contributed by atoms with Crippen molar-refractivity contribution in [1.29, 1.82) is 0 Å². The lowest BCUT2D eigenvalue weighted by atomic mass is 10.2. The lowest BCUT2D eigenvalue weighted by Crippen LogP contribution is -3.28. The first-order valence-corrected chi connectivity index (χ1v) is 9.35. The van der Waals surface area contributed by atoms with Gasteiger partial charge >= 0.3 is 0 Å². The predicted molar refractivity (Wildman–Crippen MR) is 104 cm³/mol. The smallest absolute Gasteiger partial charge is 0.295 e. The Labute approximate surface area is 159 Å². The maximum Gasteiger partial charge on any atom is 0.295 e. The summed E-state index contributed by atoms with van der Waals surface area (Å²) >= 11 is 5.84. The molecule has 2 aromatic carbocycles.